The number of hydrogen-bond donors (Lipinski definition) is 0. The molecule has 168 valence electrons. The van der Waals surface area contributed by atoms with Crippen molar-refractivity contribution in [1.82, 2.24) is 15.0 Å². The molecule has 1 aromatic heterocycles. The second kappa shape index (κ2) is 9.21. The van der Waals surface area contributed by atoms with E-state index >= 15 is 0 Å². The maximum absolute atomic E-state index is 13.2. The monoisotopic (exact) mass is 434 g/mol. The minimum absolute atomic E-state index is 0.0672. The van der Waals surface area contributed by atoms with Gasteiger partial charge in [0.2, 0.25) is 11.5 Å². The average molecular weight is 434 g/mol. The molecule has 11 nitrogen and oxygen atoms in total. The molecule has 1 saturated heterocycles. The van der Waals surface area contributed by atoms with Gasteiger partial charge in [0, 0.05) is 44.4 Å². The maximum Gasteiger partial charge on any atom is 0.327 e. The van der Waals surface area contributed by atoms with Gasteiger partial charge in [-0.1, -0.05) is 5.16 Å². The zero-order valence-corrected chi connectivity index (χ0v) is 18.3. The molecule has 1 aliphatic rings. The summed E-state index contributed by atoms with van der Waals surface area (Å²) >= 11 is 0. The van der Waals surface area contributed by atoms with E-state index in [0.29, 0.717) is 32.7 Å². The first-order chi connectivity index (χ1) is 14.8. The van der Waals surface area contributed by atoms with Gasteiger partial charge in [0.1, 0.15) is 11.3 Å². The molecule has 1 aromatic carbocycles. The summed E-state index contributed by atoms with van der Waals surface area (Å²) in [5.74, 6) is 0.433. The Morgan fingerprint density at radius 2 is 1.77 bits per heavy atom. The lowest BCUT2D eigenvalue weighted by molar-refractivity contribution is -0.386. The summed E-state index contributed by atoms with van der Waals surface area (Å²) < 4.78 is 20.9. The number of benzene rings is 1. The van der Waals surface area contributed by atoms with E-state index < -0.39 is 16.5 Å². The normalized spacial score (nSPS) is 14.4. The van der Waals surface area contributed by atoms with Crippen LogP contribution < -0.4 is 14.2 Å². The van der Waals surface area contributed by atoms with E-state index in [9.17, 15) is 14.9 Å². The fraction of sp³-hybridized carbons (Fsp3) is 0.500. The van der Waals surface area contributed by atoms with Crippen molar-refractivity contribution in [3.05, 3.63) is 38.8 Å². The third-order valence-corrected chi connectivity index (χ3v) is 5.44. The lowest BCUT2D eigenvalue weighted by Crippen LogP contribution is -2.48. The van der Waals surface area contributed by atoms with Gasteiger partial charge in [-0.05, 0) is 13.8 Å². The molecule has 2 aromatic rings. The van der Waals surface area contributed by atoms with Crippen molar-refractivity contribution < 1.29 is 28.5 Å². The number of nitro groups is 1. The van der Waals surface area contributed by atoms with E-state index in [1.165, 1.54) is 27.4 Å². The van der Waals surface area contributed by atoms with E-state index in [-0.39, 0.29) is 22.8 Å². The fourth-order valence-electron chi connectivity index (χ4n) is 3.72. The predicted molar refractivity (Wildman–Crippen MR) is 110 cm³/mol. The smallest absolute Gasteiger partial charge is 0.327 e. The Labute approximate surface area is 179 Å². The molecule has 11 heteroatoms. The number of amides is 1. The number of nitro benzene ring substituents is 1. The van der Waals surface area contributed by atoms with Crippen LogP contribution in [0.2, 0.25) is 0 Å². The Hall–Kier alpha value is -3.34. The predicted octanol–water partition coefficient (Wildman–Crippen LogP) is 2.18. The van der Waals surface area contributed by atoms with Crippen LogP contribution in [0.1, 0.15) is 27.4 Å². The van der Waals surface area contributed by atoms with Crippen molar-refractivity contribution >= 4 is 11.6 Å². The van der Waals surface area contributed by atoms with Crippen LogP contribution in [-0.2, 0) is 6.54 Å². The SMILES string of the molecule is COc1cc(C(=O)N2CCN(Cc3c(C)noc3C)CC2)c([N+](=O)[O-])c(OC)c1OC. The molecule has 0 saturated carbocycles. The Balaban J connectivity index is 1.83. The molecule has 0 aliphatic carbocycles. The third kappa shape index (κ3) is 4.26. The zero-order valence-electron chi connectivity index (χ0n) is 18.3. The van der Waals surface area contributed by atoms with Crippen molar-refractivity contribution in [1.29, 1.82) is 0 Å². The molecule has 0 atom stereocenters. The number of methoxy groups -OCH3 is 3. The number of hydrogen-bond acceptors (Lipinski definition) is 9. The summed E-state index contributed by atoms with van der Waals surface area (Å²) in [7, 11) is 4.03. The molecule has 1 fully saturated rings. The molecule has 3 rings (SSSR count). The Morgan fingerprint density at radius 3 is 2.26 bits per heavy atom. The number of carbonyl (C=O) groups excluding carboxylic acids is 1. The molecule has 1 amide bonds. The highest BCUT2D eigenvalue weighted by Gasteiger charge is 2.35. The molecule has 2 heterocycles. The van der Waals surface area contributed by atoms with Crippen molar-refractivity contribution in [2.24, 2.45) is 0 Å². The topological polar surface area (TPSA) is 120 Å². The van der Waals surface area contributed by atoms with Gasteiger partial charge in [-0.2, -0.15) is 0 Å². The van der Waals surface area contributed by atoms with E-state index in [1.54, 1.807) is 4.90 Å². The molecule has 0 radical (unpaired) electrons. The molecule has 0 unspecified atom stereocenters. The van der Waals surface area contributed by atoms with Gasteiger partial charge >= 0.3 is 5.69 Å². The number of ether oxygens (including phenoxy) is 3. The minimum Gasteiger partial charge on any atom is -0.493 e. The van der Waals surface area contributed by atoms with Gasteiger partial charge in [0.05, 0.1) is 31.9 Å². The van der Waals surface area contributed by atoms with Crippen LogP contribution in [0.25, 0.3) is 0 Å². The second-order valence-electron chi connectivity index (χ2n) is 7.17. The second-order valence-corrected chi connectivity index (χ2v) is 7.17. The van der Waals surface area contributed by atoms with E-state index in [2.05, 4.69) is 10.1 Å². The number of nitrogens with zero attached hydrogens (tertiary/aromatic N) is 4. The first kappa shape index (κ1) is 22.3. The molecular formula is C20H26N4O7. The van der Waals surface area contributed by atoms with Gasteiger partial charge in [-0.25, -0.2) is 0 Å². The Kier molecular flexibility index (Phi) is 6.64. The van der Waals surface area contributed by atoms with Crippen molar-refractivity contribution in [2.45, 2.75) is 20.4 Å². The Morgan fingerprint density at radius 1 is 1.13 bits per heavy atom. The number of carbonyl (C=O) groups is 1. The minimum atomic E-state index is -0.637. The molecular weight excluding hydrogens is 408 g/mol. The summed E-state index contributed by atoms with van der Waals surface area (Å²) in [5, 5.41) is 15.8. The van der Waals surface area contributed by atoms with E-state index in [1.807, 2.05) is 13.8 Å². The van der Waals surface area contributed by atoms with E-state index in [4.69, 9.17) is 18.7 Å². The van der Waals surface area contributed by atoms with Gasteiger partial charge in [-0.3, -0.25) is 19.8 Å². The van der Waals surface area contributed by atoms with Crippen molar-refractivity contribution in [3.63, 3.8) is 0 Å². The Bertz CT molecular complexity index is 961. The van der Waals surface area contributed by atoms with Crippen LogP contribution in [0, 0.1) is 24.0 Å². The van der Waals surface area contributed by atoms with Crippen LogP contribution in [0.3, 0.4) is 0 Å². The van der Waals surface area contributed by atoms with Crippen molar-refractivity contribution in [2.75, 3.05) is 47.5 Å². The van der Waals surface area contributed by atoms with Gasteiger partial charge < -0.3 is 23.6 Å². The highest BCUT2D eigenvalue weighted by atomic mass is 16.6. The highest BCUT2D eigenvalue weighted by Crippen LogP contribution is 2.46. The first-order valence-corrected chi connectivity index (χ1v) is 9.73. The molecule has 0 N–H and O–H groups in total. The quantitative estimate of drug-likeness (QED) is 0.477. The van der Waals surface area contributed by atoms with Crippen LogP contribution in [-0.4, -0.2) is 73.3 Å². The van der Waals surface area contributed by atoms with Gasteiger partial charge in [-0.15, -0.1) is 0 Å². The largest absolute Gasteiger partial charge is 0.493 e. The van der Waals surface area contributed by atoms with Crippen LogP contribution in [0.15, 0.2) is 10.6 Å². The number of aryl methyl sites for hydroxylation is 2. The van der Waals surface area contributed by atoms with Crippen molar-refractivity contribution in [3.8, 4) is 17.2 Å². The van der Waals surface area contributed by atoms with Gasteiger partial charge in [0.15, 0.2) is 5.75 Å². The zero-order chi connectivity index (χ0) is 22.7. The number of piperazine rings is 1. The van der Waals surface area contributed by atoms with Gasteiger partial charge in [0.25, 0.3) is 5.91 Å². The number of rotatable bonds is 7. The molecule has 0 bridgehead atoms. The van der Waals surface area contributed by atoms with E-state index in [0.717, 1.165) is 17.0 Å². The first-order valence-electron chi connectivity index (χ1n) is 9.73. The third-order valence-electron chi connectivity index (χ3n) is 5.44. The van der Waals surface area contributed by atoms with Crippen LogP contribution >= 0.6 is 0 Å². The average Bonchev–Trinajstić information content (AvgIpc) is 3.09. The fourth-order valence-corrected chi connectivity index (χ4v) is 3.72. The lowest BCUT2D eigenvalue weighted by Gasteiger charge is -2.34. The highest BCUT2D eigenvalue weighted by molar-refractivity contribution is 6.00. The lowest BCUT2D eigenvalue weighted by atomic mass is 10.1. The summed E-state index contributed by atoms with van der Waals surface area (Å²) in [5.41, 5.74) is 1.35. The molecule has 0 spiro atoms. The van der Waals surface area contributed by atoms with Crippen LogP contribution in [0.4, 0.5) is 5.69 Å². The number of aromatic nitrogens is 1. The summed E-state index contributed by atoms with van der Waals surface area (Å²) in [6.07, 6.45) is 0. The maximum atomic E-state index is 13.2. The summed E-state index contributed by atoms with van der Waals surface area (Å²) in [4.78, 5) is 28.2. The molecule has 1 aliphatic heterocycles. The summed E-state index contributed by atoms with van der Waals surface area (Å²) in [6, 6.07) is 1.33. The van der Waals surface area contributed by atoms with Crippen LogP contribution in [0.5, 0.6) is 17.2 Å². The molecule has 31 heavy (non-hydrogen) atoms. The summed E-state index contributed by atoms with van der Waals surface area (Å²) in [6.45, 7) is 6.54. The standard InChI is InChI=1S/C20H26N4O7/c1-12-15(13(2)31-21-12)11-22-6-8-23(9-7-22)20(25)14-10-16(28-3)18(29-4)19(30-5)17(14)24(26)27/h10H,6-9,11H2,1-5H3.